The van der Waals surface area contributed by atoms with Gasteiger partial charge in [-0.25, -0.2) is 0 Å². The molecule has 1 saturated carbocycles. The lowest BCUT2D eigenvalue weighted by Crippen LogP contribution is -2.14. The summed E-state index contributed by atoms with van der Waals surface area (Å²) in [5.74, 6) is 2.47. The average Bonchev–Trinajstić information content (AvgIpc) is 2.77. The maximum absolute atomic E-state index is 12.4. The van der Waals surface area contributed by atoms with Crippen LogP contribution < -0.4 is 5.32 Å². The molecule has 0 radical (unpaired) electrons. The van der Waals surface area contributed by atoms with Crippen LogP contribution in [0.15, 0.2) is 24.3 Å². The average molecular weight is 255 g/mol. The van der Waals surface area contributed by atoms with E-state index in [1.54, 1.807) is 12.1 Å². The van der Waals surface area contributed by atoms with Crippen molar-refractivity contribution < 1.29 is 13.2 Å². The Balaban J connectivity index is 1.54. The van der Waals surface area contributed by atoms with Gasteiger partial charge in [0.05, 0.1) is 5.56 Å². The Morgan fingerprint density at radius 3 is 2.22 bits per heavy atom. The lowest BCUT2D eigenvalue weighted by molar-refractivity contribution is -0.137. The molecule has 2 fully saturated rings. The molecule has 1 aromatic rings. The lowest BCUT2D eigenvalue weighted by Gasteiger charge is -2.08. The minimum Gasteiger partial charge on any atom is -0.316 e. The van der Waals surface area contributed by atoms with E-state index in [0.29, 0.717) is 0 Å². The van der Waals surface area contributed by atoms with Gasteiger partial charge in [-0.1, -0.05) is 12.1 Å². The van der Waals surface area contributed by atoms with E-state index in [0.717, 1.165) is 49.2 Å². The minimum absolute atomic E-state index is 0.557. The first-order chi connectivity index (χ1) is 8.55. The number of piperidine rings is 1. The third kappa shape index (κ3) is 2.26. The van der Waals surface area contributed by atoms with Crippen LogP contribution in [0.25, 0.3) is 0 Å². The number of hydrogen-bond acceptors (Lipinski definition) is 1. The Bertz CT molecular complexity index is 414. The summed E-state index contributed by atoms with van der Waals surface area (Å²) in [5, 5.41) is 3.35. The maximum Gasteiger partial charge on any atom is 0.416 e. The number of hydrogen-bond donors (Lipinski definition) is 1. The van der Waals surface area contributed by atoms with Crippen LogP contribution in [0.1, 0.15) is 17.5 Å². The molecule has 1 saturated heterocycles. The highest BCUT2D eigenvalue weighted by atomic mass is 19.4. The van der Waals surface area contributed by atoms with Crippen LogP contribution in [0.2, 0.25) is 0 Å². The van der Waals surface area contributed by atoms with Gasteiger partial charge in [-0.2, -0.15) is 13.2 Å². The summed E-state index contributed by atoms with van der Waals surface area (Å²) in [7, 11) is 0. The summed E-state index contributed by atoms with van der Waals surface area (Å²) in [6, 6.07) is 5.59. The second kappa shape index (κ2) is 4.26. The Hall–Kier alpha value is -1.03. The standard InChI is InChI=1S/C14H16F3N/c15-14(16,17)10-4-1-9(2-5-10)3-6-11-12-7-18-8-13(11)12/h1-2,4-5,11-13,18H,3,6-8H2. The van der Waals surface area contributed by atoms with E-state index in [9.17, 15) is 13.2 Å². The van der Waals surface area contributed by atoms with Crippen molar-refractivity contribution in [3.8, 4) is 0 Å². The Labute approximate surface area is 104 Å². The zero-order valence-electron chi connectivity index (χ0n) is 10.0. The first-order valence-electron chi connectivity index (χ1n) is 6.42. The summed E-state index contributed by atoms with van der Waals surface area (Å²) in [6.07, 6.45) is -2.21. The van der Waals surface area contributed by atoms with Crippen molar-refractivity contribution in [1.82, 2.24) is 5.32 Å². The molecule has 0 spiro atoms. The summed E-state index contributed by atoms with van der Waals surface area (Å²) in [4.78, 5) is 0. The highest BCUT2D eigenvalue weighted by Crippen LogP contribution is 2.51. The molecule has 0 amide bonds. The molecule has 2 unspecified atom stereocenters. The number of aryl methyl sites for hydroxylation is 1. The van der Waals surface area contributed by atoms with Crippen molar-refractivity contribution in [2.45, 2.75) is 19.0 Å². The monoisotopic (exact) mass is 255 g/mol. The molecule has 1 aliphatic heterocycles. The molecule has 2 atom stereocenters. The second-order valence-corrected chi connectivity index (χ2v) is 5.38. The molecule has 1 aliphatic carbocycles. The Morgan fingerprint density at radius 1 is 1.06 bits per heavy atom. The molecule has 0 bridgehead atoms. The Morgan fingerprint density at radius 2 is 1.67 bits per heavy atom. The SMILES string of the molecule is FC(F)(F)c1ccc(CCC2C3CNCC23)cc1. The van der Waals surface area contributed by atoms with Crippen molar-refractivity contribution in [3.05, 3.63) is 35.4 Å². The molecule has 1 N–H and O–H groups in total. The molecule has 0 aromatic heterocycles. The number of benzene rings is 1. The number of halogens is 3. The van der Waals surface area contributed by atoms with Crippen LogP contribution in [-0.2, 0) is 12.6 Å². The molecule has 2 aliphatic rings. The van der Waals surface area contributed by atoms with E-state index in [1.165, 1.54) is 12.1 Å². The second-order valence-electron chi connectivity index (χ2n) is 5.38. The van der Waals surface area contributed by atoms with Gasteiger partial charge in [-0.05, 0) is 61.4 Å². The lowest BCUT2D eigenvalue weighted by atomic mass is 10.0. The van der Waals surface area contributed by atoms with Gasteiger partial charge >= 0.3 is 6.18 Å². The smallest absolute Gasteiger partial charge is 0.316 e. The van der Waals surface area contributed by atoms with Crippen LogP contribution in [0, 0.1) is 17.8 Å². The maximum atomic E-state index is 12.4. The molecular formula is C14H16F3N. The first-order valence-corrected chi connectivity index (χ1v) is 6.42. The predicted octanol–water partition coefficient (Wildman–Crippen LogP) is 3.10. The fourth-order valence-electron chi connectivity index (χ4n) is 3.17. The van der Waals surface area contributed by atoms with Gasteiger partial charge in [-0.3, -0.25) is 0 Å². The van der Waals surface area contributed by atoms with Gasteiger partial charge < -0.3 is 5.32 Å². The predicted molar refractivity (Wildman–Crippen MR) is 63.1 cm³/mol. The van der Waals surface area contributed by atoms with E-state index in [1.807, 2.05) is 0 Å². The van der Waals surface area contributed by atoms with Crippen LogP contribution >= 0.6 is 0 Å². The van der Waals surface area contributed by atoms with Crippen molar-refractivity contribution >= 4 is 0 Å². The molecule has 98 valence electrons. The van der Waals surface area contributed by atoms with E-state index in [-0.39, 0.29) is 0 Å². The number of alkyl halides is 3. The van der Waals surface area contributed by atoms with Crippen molar-refractivity contribution in [2.75, 3.05) is 13.1 Å². The minimum atomic E-state index is -4.22. The largest absolute Gasteiger partial charge is 0.416 e. The molecule has 1 heterocycles. The van der Waals surface area contributed by atoms with Crippen LogP contribution in [0.4, 0.5) is 13.2 Å². The molecule has 4 heteroatoms. The highest BCUT2D eigenvalue weighted by Gasteiger charge is 2.51. The van der Waals surface area contributed by atoms with Gasteiger partial charge in [0.1, 0.15) is 0 Å². The van der Waals surface area contributed by atoms with E-state index in [2.05, 4.69) is 5.32 Å². The van der Waals surface area contributed by atoms with Crippen molar-refractivity contribution in [1.29, 1.82) is 0 Å². The zero-order chi connectivity index (χ0) is 12.8. The fourth-order valence-corrected chi connectivity index (χ4v) is 3.17. The Kier molecular flexibility index (Phi) is 2.85. The first kappa shape index (κ1) is 12.0. The number of fused-ring (bicyclic) bond motifs is 1. The van der Waals surface area contributed by atoms with Crippen LogP contribution in [0.5, 0.6) is 0 Å². The third-order valence-electron chi connectivity index (χ3n) is 4.32. The quantitative estimate of drug-likeness (QED) is 0.875. The van der Waals surface area contributed by atoms with Crippen LogP contribution in [-0.4, -0.2) is 13.1 Å². The molecule has 18 heavy (non-hydrogen) atoms. The summed E-state index contributed by atoms with van der Waals surface area (Å²) in [6.45, 7) is 2.25. The van der Waals surface area contributed by atoms with Gasteiger partial charge in [0, 0.05) is 0 Å². The summed E-state index contributed by atoms with van der Waals surface area (Å²) >= 11 is 0. The molecule has 3 rings (SSSR count). The normalized spacial score (nSPS) is 30.3. The van der Waals surface area contributed by atoms with E-state index >= 15 is 0 Å². The molecule has 1 aromatic carbocycles. The highest BCUT2D eigenvalue weighted by molar-refractivity contribution is 5.25. The summed E-state index contributed by atoms with van der Waals surface area (Å²) in [5.41, 5.74) is 0.458. The van der Waals surface area contributed by atoms with E-state index < -0.39 is 11.7 Å². The zero-order valence-corrected chi connectivity index (χ0v) is 10.0. The third-order valence-corrected chi connectivity index (χ3v) is 4.32. The molecular weight excluding hydrogens is 239 g/mol. The van der Waals surface area contributed by atoms with Crippen molar-refractivity contribution in [3.63, 3.8) is 0 Å². The van der Waals surface area contributed by atoms with Gasteiger partial charge in [0.25, 0.3) is 0 Å². The number of nitrogens with one attached hydrogen (secondary N) is 1. The van der Waals surface area contributed by atoms with Gasteiger partial charge in [0.15, 0.2) is 0 Å². The molecule has 1 nitrogen and oxygen atoms in total. The van der Waals surface area contributed by atoms with Gasteiger partial charge in [-0.15, -0.1) is 0 Å². The van der Waals surface area contributed by atoms with Crippen molar-refractivity contribution in [2.24, 2.45) is 17.8 Å². The van der Waals surface area contributed by atoms with E-state index in [4.69, 9.17) is 0 Å². The fraction of sp³-hybridized carbons (Fsp3) is 0.571. The topological polar surface area (TPSA) is 12.0 Å². The van der Waals surface area contributed by atoms with Gasteiger partial charge in [0.2, 0.25) is 0 Å². The summed E-state index contributed by atoms with van der Waals surface area (Å²) < 4.78 is 37.2. The van der Waals surface area contributed by atoms with Crippen LogP contribution in [0.3, 0.4) is 0 Å². The number of rotatable bonds is 3.